The van der Waals surface area contributed by atoms with E-state index in [0.717, 1.165) is 77.0 Å². The van der Waals surface area contributed by atoms with Crippen molar-refractivity contribution in [1.82, 2.24) is 10.1 Å². The summed E-state index contributed by atoms with van der Waals surface area (Å²) in [6, 6.07) is 0. The fourth-order valence-electron chi connectivity index (χ4n) is 7.28. The Labute approximate surface area is 244 Å². The first-order valence-corrected chi connectivity index (χ1v) is 15.6. The van der Waals surface area contributed by atoms with E-state index < -0.39 is 0 Å². The molecule has 8 heteroatoms. The molecule has 2 unspecified atom stereocenters. The summed E-state index contributed by atoms with van der Waals surface area (Å²) in [5, 5.41) is 4.11. The molecule has 0 saturated carbocycles. The van der Waals surface area contributed by atoms with Crippen molar-refractivity contribution >= 4 is 11.9 Å². The lowest BCUT2D eigenvalue weighted by Gasteiger charge is -2.44. The van der Waals surface area contributed by atoms with Crippen LogP contribution in [0.25, 0.3) is 0 Å². The predicted molar refractivity (Wildman–Crippen MR) is 158 cm³/mol. The molecule has 0 radical (unpaired) electrons. The second-order valence-electron chi connectivity index (χ2n) is 14.5. The molecule has 2 atom stereocenters. The molecule has 0 bridgehead atoms. The molecule has 2 rings (SSSR count). The first-order valence-electron chi connectivity index (χ1n) is 15.6. The van der Waals surface area contributed by atoms with Crippen molar-refractivity contribution in [3.8, 4) is 0 Å². The minimum absolute atomic E-state index is 0.0730. The van der Waals surface area contributed by atoms with Gasteiger partial charge in [0.25, 0.3) is 0 Å². The third-order valence-electron chi connectivity index (χ3n) is 8.78. The van der Waals surface area contributed by atoms with Crippen LogP contribution in [0.2, 0.25) is 0 Å². The largest absolute Gasteiger partial charge is 0.462 e. The van der Waals surface area contributed by atoms with Crippen LogP contribution < -0.4 is 0 Å². The number of rotatable bonds is 13. The molecule has 8 nitrogen and oxygen atoms in total. The first kappa shape index (κ1) is 35.0. The van der Waals surface area contributed by atoms with E-state index in [-0.39, 0.29) is 46.3 Å². The smallest absolute Gasteiger partial charge is 0.306 e. The van der Waals surface area contributed by atoms with Crippen LogP contribution in [0.3, 0.4) is 0 Å². The standard InChI is InChI=1S/C32H60N2O6/c1-29(2)21-19-25(23-31(5,6)33(29)37-9)39-27(35)17-15-13-11-12-14-16-18-28(36)40-26-20-22-30(3,4)34(38-10)32(7,8)24-26/h25-26H,11-24H2,1-10H3. The molecule has 2 aliphatic heterocycles. The van der Waals surface area contributed by atoms with Gasteiger partial charge in [0, 0.05) is 47.8 Å². The molecular formula is C32H60N2O6. The lowest BCUT2D eigenvalue weighted by molar-refractivity contribution is -0.247. The van der Waals surface area contributed by atoms with Crippen molar-refractivity contribution < 1.29 is 28.7 Å². The average Bonchev–Trinajstić information content (AvgIpc) is 2.96. The number of nitrogens with zero attached hydrogens (tertiary/aromatic N) is 2. The highest BCUT2D eigenvalue weighted by atomic mass is 16.7. The maximum absolute atomic E-state index is 12.5. The van der Waals surface area contributed by atoms with Gasteiger partial charge in [-0.3, -0.25) is 9.59 Å². The van der Waals surface area contributed by atoms with Crippen LogP contribution in [-0.2, 0) is 28.7 Å². The van der Waals surface area contributed by atoms with Gasteiger partial charge in [-0.15, -0.1) is 0 Å². The van der Waals surface area contributed by atoms with E-state index in [1.807, 2.05) is 0 Å². The molecule has 0 aromatic carbocycles. The zero-order valence-corrected chi connectivity index (χ0v) is 27.4. The molecule has 234 valence electrons. The molecule has 0 aromatic heterocycles. The lowest BCUT2D eigenvalue weighted by atomic mass is 9.95. The summed E-state index contributed by atoms with van der Waals surface area (Å²) >= 11 is 0. The van der Waals surface area contributed by atoms with Crippen molar-refractivity contribution in [2.75, 3.05) is 14.2 Å². The highest BCUT2D eigenvalue weighted by molar-refractivity contribution is 5.69. The molecule has 0 spiro atoms. The Morgan fingerprint density at radius 3 is 1.23 bits per heavy atom. The summed E-state index contributed by atoms with van der Waals surface area (Å²) in [5.41, 5.74) is -0.627. The first-order chi connectivity index (χ1) is 18.5. The van der Waals surface area contributed by atoms with Crippen molar-refractivity contribution in [3.05, 3.63) is 0 Å². The van der Waals surface area contributed by atoms with Gasteiger partial charge in [-0.2, -0.15) is 10.1 Å². The molecule has 2 saturated heterocycles. The second kappa shape index (κ2) is 14.8. The van der Waals surface area contributed by atoms with Crippen LogP contribution >= 0.6 is 0 Å². The van der Waals surface area contributed by atoms with Gasteiger partial charge >= 0.3 is 11.9 Å². The highest BCUT2D eigenvalue weighted by Gasteiger charge is 2.45. The molecule has 40 heavy (non-hydrogen) atoms. The van der Waals surface area contributed by atoms with Gasteiger partial charge in [0.1, 0.15) is 12.2 Å². The summed E-state index contributed by atoms with van der Waals surface area (Å²) in [7, 11) is 3.44. The maximum atomic E-state index is 12.5. The SMILES string of the molecule is CON1C(C)(C)CCC(OC(=O)CCCCCCCCC(=O)OC2CCC(C)(C)N(OC)C(C)(C)C2)CC1(C)C. The number of carbonyl (C=O) groups is 2. The molecule has 0 aromatic rings. The fraction of sp³-hybridized carbons (Fsp3) is 0.938. The van der Waals surface area contributed by atoms with E-state index in [4.69, 9.17) is 19.1 Å². The Morgan fingerprint density at radius 1 is 0.575 bits per heavy atom. The van der Waals surface area contributed by atoms with E-state index in [1.54, 1.807) is 14.2 Å². The van der Waals surface area contributed by atoms with Crippen molar-refractivity contribution in [2.24, 2.45) is 0 Å². The van der Waals surface area contributed by atoms with E-state index in [1.165, 1.54) is 0 Å². The van der Waals surface area contributed by atoms with Crippen LogP contribution in [0.15, 0.2) is 0 Å². The van der Waals surface area contributed by atoms with Crippen LogP contribution in [0.1, 0.15) is 145 Å². The van der Waals surface area contributed by atoms with Gasteiger partial charge in [-0.1, -0.05) is 25.7 Å². The Bertz CT molecular complexity index is 743. The van der Waals surface area contributed by atoms with Crippen LogP contribution in [0.4, 0.5) is 0 Å². The predicted octanol–water partition coefficient (Wildman–Crippen LogP) is 7.14. The van der Waals surface area contributed by atoms with E-state index in [0.29, 0.717) is 12.8 Å². The Balaban J connectivity index is 1.59. The number of hydrogen-bond acceptors (Lipinski definition) is 8. The fourth-order valence-corrected chi connectivity index (χ4v) is 7.28. The van der Waals surface area contributed by atoms with Gasteiger partial charge in [-0.05, 0) is 93.9 Å². The zero-order chi connectivity index (χ0) is 30.2. The quantitative estimate of drug-likeness (QED) is 0.171. The summed E-state index contributed by atoms with van der Waals surface area (Å²) in [4.78, 5) is 36.5. The Morgan fingerprint density at radius 2 is 0.900 bits per heavy atom. The summed E-state index contributed by atoms with van der Waals surface area (Å²) < 4.78 is 11.8. The molecule has 2 aliphatic rings. The van der Waals surface area contributed by atoms with E-state index in [9.17, 15) is 9.59 Å². The Hall–Kier alpha value is -1.22. The number of unbranched alkanes of at least 4 members (excludes halogenated alkanes) is 5. The molecule has 0 amide bonds. The highest BCUT2D eigenvalue weighted by Crippen LogP contribution is 2.39. The van der Waals surface area contributed by atoms with Gasteiger partial charge < -0.3 is 19.1 Å². The summed E-state index contributed by atoms with van der Waals surface area (Å²) in [5.74, 6) is -0.183. The number of hydrogen-bond donors (Lipinski definition) is 0. The van der Waals surface area contributed by atoms with Crippen LogP contribution in [-0.4, -0.2) is 70.6 Å². The summed E-state index contributed by atoms with van der Waals surface area (Å²) in [6.45, 7) is 17.3. The second-order valence-corrected chi connectivity index (χ2v) is 14.5. The van der Waals surface area contributed by atoms with Crippen molar-refractivity contribution in [3.63, 3.8) is 0 Å². The average molecular weight is 569 g/mol. The number of carbonyl (C=O) groups excluding carboxylic acids is 2. The van der Waals surface area contributed by atoms with Crippen molar-refractivity contribution in [2.45, 2.75) is 180 Å². The van der Waals surface area contributed by atoms with Crippen LogP contribution in [0, 0.1) is 0 Å². The molecule has 0 N–H and O–H groups in total. The monoisotopic (exact) mass is 568 g/mol. The van der Waals surface area contributed by atoms with E-state index >= 15 is 0 Å². The van der Waals surface area contributed by atoms with Gasteiger partial charge in [0.15, 0.2) is 0 Å². The van der Waals surface area contributed by atoms with E-state index in [2.05, 4.69) is 65.5 Å². The third-order valence-corrected chi connectivity index (χ3v) is 8.78. The minimum Gasteiger partial charge on any atom is -0.462 e. The molecule has 2 fully saturated rings. The van der Waals surface area contributed by atoms with Crippen molar-refractivity contribution in [1.29, 1.82) is 0 Å². The number of esters is 2. The Kier molecular flexibility index (Phi) is 12.9. The number of ether oxygens (including phenoxy) is 2. The minimum atomic E-state index is -0.208. The maximum Gasteiger partial charge on any atom is 0.306 e. The van der Waals surface area contributed by atoms with Gasteiger partial charge in [0.05, 0.1) is 14.2 Å². The molecular weight excluding hydrogens is 508 g/mol. The van der Waals surface area contributed by atoms with Gasteiger partial charge in [0.2, 0.25) is 0 Å². The third kappa shape index (κ3) is 10.2. The lowest BCUT2D eigenvalue weighted by Crippen LogP contribution is -2.53. The number of hydroxylamine groups is 4. The zero-order valence-electron chi connectivity index (χ0n) is 27.4. The topological polar surface area (TPSA) is 77.5 Å². The normalized spacial score (nSPS) is 26.4. The van der Waals surface area contributed by atoms with Crippen LogP contribution in [0.5, 0.6) is 0 Å². The molecule has 2 heterocycles. The van der Waals surface area contributed by atoms with Gasteiger partial charge in [-0.25, -0.2) is 0 Å². The summed E-state index contributed by atoms with van der Waals surface area (Å²) in [6.07, 6.45) is 11.7. The molecule has 0 aliphatic carbocycles.